The summed E-state index contributed by atoms with van der Waals surface area (Å²) < 4.78 is 0. The lowest BCUT2D eigenvalue weighted by molar-refractivity contribution is 0.448. The minimum Gasteiger partial charge on any atom is -0.340 e. The Labute approximate surface area is 94.5 Å². The highest BCUT2D eigenvalue weighted by molar-refractivity contribution is 5.71. The first-order valence-corrected chi connectivity index (χ1v) is 5.86. The van der Waals surface area contributed by atoms with Crippen molar-refractivity contribution in [2.24, 2.45) is 0 Å². The van der Waals surface area contributed by atoms with Gasteiger partial charge in [-0.25, -0.2) is 9.97 Å². The van der Waals surface area contributed by atoms with Crippen molar-refractivity contribution in [3.8, 4) is 0 Å². The maximum Gasteiger partial charge on any atom is 0.177 e. The summed E-state index contributed by atoms with van der Waals surface area (Å²) in [6, 6.07) is 2.11. The third-order valence-electron chi connectivity index (χ3n) is 3.22. The van der Waals surface area contributed by atoms with E-state index in [9.17, 15) is 0 Å². The SMILES string of the molecule is Cc1cnc2nc(C3CCNCC3)[nH]c2c1. The van der Waals surface area contributed by atoms with E-state index in [-0.39, 0.29) is 0 Å². The van der Waals surface area contributed by atoms with Gasteiger partial charge in [0.1, 0.15) is 5.82 Å². The topological polar surface area (TPSA) is 53.6 Å². The van der Waals surface area contributed by atoms with Gasteiger partial charge in [0, 0.05) is 12.1 Å². The van der Waals surface area contributed by atoms with E-state index in [0.29, 0.717) is 5.92 Å². The Morgan fingerprint density at radius 2 is 2.12 bits per heavy atom. The largest absolute Gasteiger partial charge is 0.340 e. The molecule has 1 aliphatic heterocycles. The van der Waals surface area contributed by atoms with E-state index in [1.165, 1.54) is 18.4 Å². The fourth-order valence-electron chi connectivity index (χ4n) is 2.31. The summed E-state index contributed by atoms with van der Waals surface area (Å²) in [7, 11) is 0. The Morgan fingerprint density at radius 1 is 1.31 bits per heavy atom. The number of aromatic nitrogens is 3. The molecule has 0 aromatic carbocycles. The number of hydrogen-bond acceptors (Lipinski definition) is 3. The van der Waals surface area contributed by atoms with Gasteiger partial charge in [-0.1, -0.05) is 0 Å². The molecule has 0 spiro atoms. The van der Waals surface area contributed by atoms with Gasteiger partial charge in [-0.05, 0) is 44.5 Å². The van der Waals surface area contributed by atoms with Crippen molar-refractivity contribution in [1.29, 1.82) is 0 Å². The van der Waals surface area contributed by atoms with E-state index in [4.69, 9.17) is 0 Å². The van der Waals surface area contributed by atoms with E-state index in [1.807, 2.05) is 6.20 Å². The number of nitrogens with one attached hydrogen (secondary N) is 2. The van der Waals surface area contributed by atoms with Crippen LogP contribution in [0.5, 0.6) is 0 Å². The highest BCUT2D eigenvalue weighted by Crippen LogP contribution is 2.24. The lowest BCUT2D eigenvalue weighted by Gasteiger charge is -2.20. The molecule has 0 saturated carbocycles. The van der Waals surface area contributed by atoms with E-state index in [2.05, 4.69) is 33.3 Å². The van der Waals surface area contributed by atoms with Crippen LogP contribution in [-0.2, 0) is 0 Å². The Kier molecular flexibility index (Phi) is 2.36. The molecule has 3 heterocycles. The molecule has 4 heteroatoms. The fourth-order valence-corrected chi connectivity index (χ4v) is 2.31. The van der Waals surface area contributed by atoms with Crippen LogP contribution in [0.15, 0.2) is 12.3 Å². The van der Waals surface area contributed by atoms with Gasteiger partial charge in [-0.15, -0.1) is 0 Å². The first-order chi connectivity index (χ1) is 7.83. The van der Waals surface area contributed by atoms with Crippen LogP contribution in [0.4, 0.5) is 0 Å². The molecule has 1 fully saturated rings. The summed E-state index contributed by atoms with van der Waals surface area (Å²) in [5, 5.41) is 3.37. The van der Waals surface area contributed by atoms with Crippen LogP contribution in [-0.4, -0.2) is 28.0 Å². The Bertz CT molecular complexity index is 497. The van der Waals surface area contributed by atoms with Crippen molar-refractivity contribution in [3.05, 3.63) is 23.7 Å². The van der Waals surface area contributed by atoms with Crippen molar-refractivity contribution >= 4 is 11.2 Å². The van der Waals surface area contributed by atoms with E-state index < -0.39 is 0 Å². The number of hydrogen-bond donors (Lipinski definition) is 2. The second-order valence-electron chi connectivity index (χ2n) is 4.53. The second-order valence-corrected chi connectivity index (χ2v) is 4.53. The fraction of sp³-hybridized carbons (Fsp3) is 0.500. The maximum absolute atomic E-state index is 4.58. The quantitative estimate of drug-likeness (QED) is 0.763. The summed E-state index contributed by atoms with van der Waals surface area (Å²) in [5.41, 5.74) is 3.08. The zero-order chi connectivity index (χ0) is 11.0. The van der Waals surface area contributed by atoms with Gasteiger partial charge in [0.2, 0.25) is 0 Å². The number of aryl methyl sites for hydroxylation is 1. The number of H-pyrrole nitrogens is 1. The number of nitrogens with zero attached hydrogens (tertiary/aromatic N) is 2. The van der Waals surface area contributed by atoms with Crippen molar-refractivity contribution in [2.75, 3.05) is 13.1 Å². The first-order valence-electron chi connectivity index (χ1n) is 5.86. The molecule has 3 rings (SSSR count). The third kappa shape index (κ3) is 1.69. The number of pyridine rings is 1. The molecule has 0 amide bonds. The zero-order valence-electron chi connectivity index (χ0n) is 9.45. The Morgan fingerprint density at radius 3 is 2.94 bits per heavy atom. The molecule has 2 N–H and O–H groups in total. The number of imidazole rings is 1. The minimum atomic E-state index is 0.566. The van der Waals surface area contributed by atoms with Gasteiger partial charge in [0.15, 0.2) is 5.65 Å². The molecule has 2 aromatic heterocycles. The van der Waals surface area contributed by atoms with Crippen LogP contribution in [0.2, 0.25) is 0 Å². The molecule has 1 aliphatic rings. The molecule has 0 aliphatic carbocycles. The molecule has 4 nitrogen and oxygen atoms in total. The summed E-state index contributed by atoms with van der Waals surface area (Å²) in [6.07, 6.45) is 4.20. The lowest BCUT2D eigenvalue weighted by atomic mass is 9.98. The van der Waals surface area contributed by atoms with Gasteiger partial charge in [0.05, 0.1) is 5.52 Å². The van der Waals surface area contributed by atoms with Crippen molar-refractivity contribution in [2.45, 2.75) is 25.7 Å². The zero-order valence-corrected chi connectivity index (χ0v) is 9.45. The van der Waals surface area contributed by atoms with Crippen LogP contribution in [0.3, 0.4) is 0 Å². The number of piperidine rings is 1. The molecule has 0 atom stereocenters. The van der Waals surface area contributed by atoms with Gasteiger partial charge >= 0.3 is 0 Å². The molecule has 16 heavy (non-hydrogen) atoms. The summed E-state index contributed by atoms with van der Waals surface area (Å²) >= 11 is 0. The van der Waals surface area contributed by atoms with E-state index >= 15 is 0 Å². The van der Waals surface area contributed by atoms with Crippen LogP contribution in [0.25, 0.3) is 11.2 Å². The van der Waals surface area contributed by atoms with Gasteiger partial charge in [-0.3, -0.25) is 0 Å². The van der Waals surface area contributed by atoms with Crippen LogP contribution >= 0.6 is 0 Å². The molecule has 84 valence electrons. The van der Waals surface area contributed by atoms with Gasteiger partial charge in [0.25, 0.3) is 0 Å². The summed E-state index contributed by atoms with van der Waals surface area (Å²) in [5.74, 6) is 1.67. The predicted molar refractivity (Wildman–Crippen MR) is 63.5 cm³/mol. The smallest absolute Gasteiger partial charge is 0.177 e. The molecule has 2 aromatic rings. The predicted octanol–water partition coefficient (Wildman–Crippen LogP) is 1.73. The highest BCUT2D eigenvalue weighted by atomic mass is 15.0. The van der Waals surface area contributed by atoms with Crippen molar-refractivity contribution in [3.63, 3.8) is 0 Å². The molecule has 0 unspecified atom stereocenters. The molecule has 0 radical (unpaired) electrons. The van der Waals surface area contributed by atoms with Gasteiger partial charge in [-0.2, -0.15) is 0 Å². The lowest BCUT2D eigenvalue weighted by Crippen LogP contribution is -2.27. The first kappa shape index (κ1) is 9.78. The number of rotatable bonds is 1. The summed E-state index contributed by atoms with van der Waals surface area (Å²) in [6.45, 7) is 4.24. The van der Waals surface area contributed by atoms with Gasteiger partial charge < -0.3 is 10.3 Å². The van der Waals surface area contributed by atoms with Crippen molar-refractivity contribution in [1.82, 2.24) is 20.3 Å². The maximum atomic E-state index is 4.58. The minimum absolute atomic E-state index is 0.566. The number of aromatic amines is 1. The average Bonchev–Trinajstić information content (AvgIpc) is 2.73. The van der Waals surface area contributed by atoms with Crippen molar-refractivity contribution < 1.29 is 0 Å². The van der Waals surface area contributed by atoms with Crippen LogP contribution in [0.1, 0.15) is 30.1 Å². The van der Waals surface area contributed by atoms with Crippen LogP contribution in [0, 0.1) is 6.92 Å². The van der Waals surface area contributed by atoms with E-state index in [0.717, 1.165) is 30.1 Å². The van der Waals surface area contributed by atoms with E-state index in [1.54, 1.807) is 0 Å². The number of fused-ring (bicyclic) bond motifs is 1. The molecular weight excluding hydrogens is 200 g/mol. The monoisotopic (exact) mass is 216 g/mol. The molecule has 0 bridgehead atoms. The average molecular weight is 216 g/mol. The normalized spacial score (nSPS) is 18.1. The van der Waals surface area contributed by atoms with Crippen LogP contribution < -0.4 is 5.32 Å². The Balaban J connectivity index is 1.97. The summed E-state index contributed by atoms with van der Waals surface area (Å²) in [4.78, 5) is 12.3. The Hall–Kier alpha value is -1.42. The third-order valence-corrected chi connectivity index (χ3v) is 3.22. The molecule has 1 saturated heterocycles. The highest BCUT2D eigenvalue weighted by Gasteiger charge is 2.18. The molecular formula is C12H16N4. The second kappa shape index (κ2) is 3.87. The standard InChI is InChI=1S/C12H16N4/c1-8-6-10-12(14-7-8)16-11(15-10)9-2-4-13-5-3-9/h6-7,9,13H,2-5H2,1H3,(H,14,15,16).